The molecule has 1 saturated carbocycles. The number of sulfonamides is 1. The van der Waals surface area contributed by atoms with Crippen molar-refractivity contribution in [3.63, 3.8) is 0 Å². The van der Waals surface area contributed by atoms with E-state index in [0.717, 1.165) is 41.1 Å². The topological polar surface area (TPSA) is 104 Å². The molecule has 0 saturated heterocycles. The highest BCUT2D eigenvalue weighted by Crippen LogP contribution is 2.30. The number of nitrogens with zero attached hydrogens (tertiary/aromatic N) is 2. The number of hydrogen-bond acceptors (Lipinski definition) is 5. The molecule has 2 aromatic rings. The molecule has 192 valence electrons. The van der Waals surface area contributed by atoms with Gasteiger partial charge in [0.05, 0.1) is 5.56 Å². The summed E-state index contributed by atoms with van der Waals surface area (Å²) in [4.78, 5) is 40.6. The van der Waals surface area contributed by atoms with E-state index in [1.807, 2.05) is 31.2 Å². The van der Waals surface area contributed by atoms with E-state index in [2.05, 4.69) is 5.32 Å². The molecule has 0 spiro atoms. The van der Waals surface area contributed by atoms with Crippen LogP contribution in [0.5, 0.6) is 0 Å². The van der Waals surface area contributed by atoms with Gasteiger partial charge in [0.2, 0.25) is 11.8 Å². The Kier molecular flexibility index (Phi) is 7.78. The van der Waals surface area contributed by atoms with E-state index >= 15 is 0 Å². The highest BCUT2D eigenvalue weighted by atomic mass is 32.2. The molecule has 8 nitrogen and oxygen atoms in total. The first-order chi connectivity index (χ1) is 17.2. The molecule has 1 atom stereocenters. The molecule has 0 aromatic heterocycles. The lowest BCUT2D eigenvalue weighted by Gasteiger charge is -2.30. The highest BCUT2D eigenvalue weighted by molar-refractivity contribution is 7.90. The number of carbonyl (C=O) groups excluding carboxylic acids is 3. The Morgan fingerprint density at radius 1 is 1.11 bits per heavy atom. The molecule has 1 aliphatic heterocycles. The monoisotopic (exact) mass is 511 g/mol. The standard InChI is InChI=1S/C27H33N3O5S/c1-19-9-7-10-21(17-19)18-29(20(2)26(32)28-22-11-3-4-12-22)25(31)15-8-16-30-27(33)23-13-5-6-14-24(23)36(30,34)35/h5-7,9-10,13-14,17,20,22H,3-4,8,11-12,15-16,18H2,1-2H3,(H,28,32)/t20-/m0/s1. The maximum absolute atomic E-state index is 13.3. The summed E-state index contributed by atoms with van der Waals surface area (Å²) in [7, 11) is -3.92. The molecule has 2 aromatic carbocycles. The van der Waals surface area contributed by atoms with E-state index in [0.29, 0.717) is 0 Å². The minimum atomic E-state index is -3.92. The minimum Gasteiger partial charge on any atom is -0.352 e. The first-order valence-electron chi connectivity index (χ1n) is 12.5. The summed E-state index contributed by atoms with van der Waals surface area (Å²) < 4.78 is 26.4. The van der Waals surface area contributed by atoms with Crippen LogP contribution in [0, 0.1) is 6.92 Å². The SMILES string of the molecule is Cc1cccc(CN(C(=O)CCCN2C(=O)c3ccccc3S2(=O)=O)[C@@H](C)C(=O)NC2CCCC2)c1. The summed E-state index contributed by atoms with van der Waals surface area (Å²) in [6.45, 7) is 3.87. The third-order valence-corrected chi connectivity index (χ3v) is 8.81. The molecule has 2 aliphatic rings. The van der Waals surface area contributed by atoms with E-state index in [1.165, 1.54) is 12.1 Å². The van der Waals surface area contributed by atoms with Gasteiger partial charge >= 0.3 is 0 Å². The fourth-order valence-electron chi connectivity index (χ4n) is 4.95. The Hall–Kier alpha value is -3.20. The van der Waals surface area contributed by atoms with Gasteiger partial charge in [-0.1, -0.05) is 54.8 Å². The zero-order chi connectivity index (χ0) is 25.9. The second-order valence-electron chi connectivity index (χ2n) is 9.66. The Morgan fingerprint density at radius 2 is 1.83 bits per heavy atom. The molecule has 3 amide bonds. The van der Waals surface area contributed by atoms with Gasteiger partial charge in [0.15, 0.2) is 0 Å². The van der Waals surface area contributed by atoms with E-state index in [1.54, 1.807) is 24.0 Å². The lowest BCUT2D eigenvalue weighted by molar-refractivity contribution is -0.141. The second-order valence-corrected chi connectivity index (χ2v) is 11.5. The van der Waals surface area contributed by atoms with Crippen LogP contribution in [0.15, 0.2) is 53.4 Å². The molecule has 1 aliphatic carbocycles. The molecule has 0 unspecified atom stereocenters. The summed E-state index contributed by atoms with van der Waals surface area (Å²) in [6.07, 6.45) is 4.26. The molecule has 1 heterocycles. The van der Waals surface area contributed by atoms with Crippen molar-refractivity contribution in [3.8, 4) is 0 Å². The van der Waals surface area contributed by atoms with Gasteiger partial charge in [-0.3, -0.25) is 14.4 Å². The average molecular weight is 512 g/mol. The van der Waals surface area contributed by atoms with Crippen LogP contribution in [0.3, 0.4) is 0 Å². The quantitative estimate of drug-likeness (QED) is 0.556. The fourth-order valence-corrected chi connectivity index (χ4v) is 6.56. The fraction of sp³-hybridized carbons (Fsp3) is 0.444. The van der Waals surface area contributed by atoms with Crippen molar-refractivity contribution >= 4 is 27.7 Å². The molecular weight excluding hydrogens is 478 g/mol. The van der Waals surface area contributed by atoms with E-state index < -0.39 is 22.0 Å². The van der Waals surface area contributed by atoms with Crippen molar-refractivity contribution in [3.05, 3.63) is 65.2 Å². The summed E-state index contributed by atoms with van der Waals surface area (Å²) in [6, 6.07) is 13.4. The van der Waals surface area contributed by atoms with E-state index in [-0.39, 0.29) is 54.2 Å². The van der Waals surface area contributed by atoms with Crippen LogP contribution >= 0.6 is 0 Å². The first-order valence-corrected chi connectivity index (χ1v) is 13.9. The number of fused-ring (bicyclic) bond motifs is 1. The zero-order valence-electron chi connectivity index (χ0n) is 20.8. The zero-order valence-corrected chi connectivity index (χ0v) is 21.6. The largest absolute Gasteiger partial charge is 0.352 e. The lowest BCUT2D eigenvalue weighted by atomic mass is 10.1. The van der Waals surface area contributed by atoms with Crippen LogP contribution < -0.4 is 5.32 Å². The summed E-state index contributed by atoms with van der Waals surface area (Å²) >= 11 is 0. The van der Waals surface area contributed by atoms with Crippen molar-refractivity contribution in [2.75, 3.05) is 6.54 Å². The smallest absolute Gasteiger partial charge is 0.269 e. The van der Waals surface area contributed by atoms with Crippen molar-refractivity contribution in [2.24, 2.45) is 0 Å². The first kappa shape index (κ1) is 25.9. The van der Waals surface area contributed by atoms with Gasteiger partial charge in [-0.05, 0) is 50.8 Å². The van der Waals surface area contributed by atoms with E-state index in [9.17, 15) is 22.8 Å². The number of rotatable bonds is 9. The molecule has 1 N–H and O–H groups in total. The van der Waals surface area contributed by atoms with Gasteiger partial charge in [0.1, 0.15) is 10.9 Å². The Labute approximate surface area is 212 Å². The molecule has 0 radical (unpaired) electrons. The van der Waals surface area contributed by atoms with Crippen molar-refractivity contribution < 1.29 is 22.8 Å². The second kappa shape index (κ2) is 10.8. The van der Waals surface area contributed by atoms with E-state index in [4.69, 9.17) is 0 Å². The molecule has 1 fully saturated rings. The molecule has 9 heteroatoms. The van der Waals surface area contributed by atoms with Crippen LogP contribution in [0.25, 0.3) is 0 Å². The maximum atomic E-state index is 13.3. The predicted molar refractivity (Wildman–Crippen MR) is 135 cm³/mol. The van der Waals surface area contributed by atoms with Gasteiger partial charge in [0.25, 0.3) is 15.9 Å². The third-order valence-electron chi connectivity index (χ3n) is 6.97. The lowest BCUT2D eigenvalue weighted by Crippen LogP contribution is -2.49. The van der Waals surface area contributed by atoms with Gasteiger partial charge in [-0.25, -0.2) is 12.7 Å². The average Bonchev–Trinajstić information content (AvgIpc) is 3.43. The summed E-state index contributed by atoms with van der Waals surface area (Å²) in [5.74, 6) is -1.01. The van der Waals surface area contributed by atoms with Crippen LogP contribution in [0.1, 0.15) is 66.9 Å². The van der Waals surface area contributed by atoms with Crippen LogP contribution in [0.4, 0.5) is 0 Å². The molecule has 36 heavy (non-hydrogen) atoms. The summed E-state index contributed by atoms with van der Waals surface area (Å²) in [5.41, 5.74) is 2.12. The number of amides is 3. The molecular formula is C27H33N3O5S. The van der Waals surface area contributed by atoms with Gasteiger partial charge in [-0.2, -0.15) is 0 Å². The Morgan fingerprint density at radius 3 is 2.53 bits per heavy atom. The minimum absolute atomic E-state index is 0.000364. The normalized spacial score (nSPS) is 17.6. The molecule has 4 rings (SSSR count). The Bertz CT molecular complexity index is 1250. The maximum Gasteiger partial charge on any atom is 0.269 e. The van der Waals surface area contributed by atoms with Crippen molar-refractivity contribution in [2.45, 2.75) is 75.9 Å². The number of aryl methyl sites for hydroxylation is 1. The number of benzene rings is 2. The summed E-state index contributed by atoms with van der Waals surface area (Å²) in [5, 5.41) is 3.07. The van der Waals surface area contributed by atoms with Crippen molar-refractivity contribution in [1.82, 2.24) is 14.5 Å². The van der Waals surface area contributed by atoms with Crippen LogP contribution in [-0.4, -0.2) is 54.0 Å². The van der Waals surface area contributed by atoms with Gasteiger partial charge < -0.3 is 10.2 Å². The van der Waals surface area contributed by atoms with Crippen molar-refractivity contribution in [1.29, 1.82) is 0 Å². The number of carbonyl (C=O) groups is 3. The highest BCUT2D eigenvalue weighted by Gasteiger charge is 2.40. The number of hydrogen-bond donors (Lipinski definition) is 1. The number of nitrogens with one attached hydrogen (secondary N) is 1. The van der Waals surface area contributed by atoms with Gasteiger partial charge in [-0.15, -0.1) is 0 Å². The van der Waals surface area contributed by atoms with Crippen LogP contribution in [-0.2, 0) is 26.2 Å². The third kappa shape index (κ3) is 5.46. The predicted octanol–water partition coefficient (Wildman–Crippen LogP) is 3.40. The van der Waals surface area contributed by atoms with Crippen LogP contribution in [0.2, 0.25) is 0 Å². The van der Waals surface area contributed by atoms with Gasteiger partial charge in [0, 0.05) is 25.6 Å². The molecule has 0 bridgehead atoms. The Balaban J connectivity index is 1.44.